The lowest BCUT2D eigenvalue weighted by molar-refractivity contribution is 0.216. The van der Waals surface area contributed by atoms with E-state index in [-0.39, 0.29) is 55.5 Å². The SMILES string of the molecule is Cc1onc(-c2ncc(Cl)cc2F)c1C(O)c1c(-c2ncc(Cl)cc2F)noc1C. The Kier molecular flexibility index (Phi) is 5.27. The lowest BCUT2D eigenvalue weighted by Gasteiger charge is -2.12. The van der Waals surface area contributed by atoms with Crippen molar-refractivity contribution in [1.29, 1.82) is 0 Å². The van der Waals surface area contributed by atoms with Gasteiger partial charge in [-0.05, 0) is 26.0 Å². The summed E-state index contributed by atoms with van der Waals surface area (Å²) >= 11 is 11.5. The van der Waals surface area contributed by atoms with Crippen molar-refractivity contribution >= 4 is 23.2 Å². The number of aliphatic hydroxyl groups excluding tert-OH is 1. The molecule has 4 aromatic heterocycles. The summed E-state index contributed by atoms with van der Waals surface area (Å²) < 4.78 is 39.2. The van der Waals surface area contributed by atoms with Gasteiger partial charge in [-0.2, -0.15) is 0 Å². The number of nitrogens with zero attached hydrogens (tertiary/aromatic N) is 4. The molecule has 7 nitrogen and oxygen atoms in total. The molecular formula is C19H12Cl2F2N4O3. The second kappa shape index (κ2) is 7.75. The standard InChI is InChI=1S/C19H12Cl2F2N4O3/c1-7-13(17(26-29-7)15-11(22)3-9(20)5-24-15)19(28)14-8(2)30-27-18(14)16-12(23)4-10(21)6-25-16/h3-6,19,28H,1-2H3. The predicted molar refractivity (Wildman–Crippen MR) is 103 cm³/mol. The van der Waals surface area contributed by atoms with E-state index in [0.717, 1.165) is 12.1 Å². The fourth-order valence-electron chi connectivity index (χ4n) is 3.07. The molecule has 11 heteroatoms. The van der Waals surface area contributed by atoms with E-state index in [0.29, 0.717) is 0 Å². The second-order valence-corrected chi connectivity index (χ2v) is 7.25. The van der Waals surface area contributed by atoms with Gasteiger partial charge in [0.05, 0.1) is 21.2 Å². The first-order valence-electron chi connectivity index (χ1n) is 8.51. The van der Waals surface area contributed by atoms with Crippen LogP contribution in [0.5, 0.6) is 0 Å². The molecule has 0 amide bonds. The van der Waals surface area contributed by atoms with Crippen molar-refractivity contribution in [3.63, 3.8) is 0 Å². The van der Waals surface area contributed by atoms with Crippen molar-refractivity contribution in [3.05, 3.63) is 68.9 Å². The quantitative estimate of drug-likeness (QED) is 0.461. The summed E-state index contributed by atoms with van der Waals surface area (Å²) in [6.07, 6.45) is 1.02. The Balaban J connectivity index is 1.87. The third-order valence-corrected chi connectivity index (χ3v) is 4.84. The van der Waals surface area contributed by atoms with E-state index in [2.05, 4.69) is 20.3 Å². The molecule has 4 aromatic rings. The lowest BCUT2D eigenvalue weighted by Crippen LogP contribution is -2.06. The molecule has 4 heterocycles. The highest BCUT2D eigenvalue weighted by Crippen LogP contribution is 2.39. The fourth-order valence-corrected chi connectivity index (χ4v) is 3.36. The van der Waals surface area contributed by atoms with Gasteiger partial charge in [-0.15, -0.1) is 0 Å². The van der Waals surface area contributed by atoms with Gasteiger partial charge < -0.3 is 14.2 Å². The topological polar surface area (TPSA) is 98.1 Å². The summed E-state index contributed by atoms with van der Waals surface area (Å²) in [7, 11) is 0. The molecule has 0 aliphatic heterocycles. The van der Waals surface area contributed by atoms with Crippen LogP contribution in [-0.4, -0.2) is 25.4 Å². The van der Waals surface area contributed by atoms with Gasteiger partial charge in [0.15, 0.2) is 11.6 Å². The highest BCUT2D eigenvalue weighted by Gasteiger charge is 2.32. The summed E-state index contributed by atoms with van der Waals surface area (Å²) in [6.45, 7) is 3.07. The van der Waals surface area contributed by atoms with E-state index in [1.54, 1.807) is 0 Å². The van der Waals surface area contributed by atoms with Crippen LogP contribution in [0.15, 0.2) is 33.6 Å². The number of aliphatic hydroxyl groups is 1. The third-order valence-electron chi connectivity index (χ3n) is 4.43. The van der Waals surface area contributed by atoms with E-state index >= 15 is 0 Å². The highest BCUT2D eigenvalue weighted by atomic mass is 35.5. The first kappa shape index (κ1) is 20.4. The normalized spacial score (nSPS) is 11.5. The summed E-state index contributed by atoms with van der Waals surface area (Å²) in [6, 6.07) is 2.13. The van der Waals surface area contributed by atoms with Gasteiger partial charge in [-0.1, -0.05) is 33.5 Å². The first-order chi connectivity index (χ1) is 14.3. The second-order valence-electron chi connectivity index (χ2n) is 6.37. The van der Waals surface area contributed by atoms with Crippen LogP contribution in [0.4, 0.5) is 8.78 Å². The maximum absolute atomic E-state index is 14.4. The number of halogens is 4. The van der Waals surface area contributed by atoms with Crippen LogP contribution < -0.4 is 0 Å². The lowest BCUT2D eigenvalue weighted by atomic mass is 9.95. The number of aromatic nitrogens is 4. The zero-order valence-corrected chi connectivity index (χ0v) is 17.0. The van der Waals surface area contributed by atoms with E-state index in [1.807, 2.05) is 0 Å². The molecule has 0 bridgehead atoms. The zero-order chi connectivity index (χ0) is 21.6. The molecular weight excluding hydrogens is 441 g/mol. The Morgan fingerprint density at radius 2 is 1.20 bits per heavy atom. The molecule has 1 N–H and O–H groups in total. The third kappa shape index (κ3) is 3.45. The maximum Gasteiger partial charge on any atom is 0.152 e. The van der Waals surface area contributed by atoms with Crippen molar-refractivity contribution in [2.24, 2.45) is 0 Å². The number of aryl methyl sites for hydroxylation is 2. The first-order valence-corrected chi connectivity index (χ1v) is 9.26. The van der Waals surface area contributed by atoms with E-state index in [1.165, 1.54) is 26.2 Å². The highest BCUT2D eigenvalue weighted by molar-refractivity contribution is 6.30. The molecule has 0 radical (unpaired) electrons. The van der Waals surface area contributed by atoms with Crippen molar-refractivity contribution in [2.45, 2.75) is 20.0 Å². The molecule has 0 aliphatic carbocycles. The largest absolute Gasteiger partial charge is 0.383 e. The Labute approximate surface area is 178 Å². The molecule has 0 saturated carbocycles. The van der Waals surface area contributed by atoms with Crippen LogP contribution in [0.3, 0.4) is 0 Å². The Hall–Kier alpha value is -2.88. The smallest absolute Gasteiger partial charge is 0.152 e. The molecule has 4 rings (SSSR count). The van der Waals surface area contributed by atoms with Crippen LogP contribution in [0, 0.1) is 25.5 Å². The van der Waals surface area contributed by atoms with Crippen LogP contribution in [0.1, 0.15) is 28.8 Å². The number of hydrogen-bond donors (Lipinski definition) is 1. The van der Waals surface area contributed by atoms with Gasteiger partial charge >= 0.3 is 0 Å². The number of hydrogen-bond acceptors (Lipinski definition) is 7. The van der Waals surface area contributed by atoms with Crippen LogP contribution in [0.2, 0.25) is 10.0 Å². The van der Waals surface area contributed by atoms with Crippen molar-refractivity contribution in [3.8, 4) is 22.8 Å². The van der Waals surface area contributed by atoms with Gasteiger partial charge in [0.2, 0.25) is 0 Å². The van der Waals surface area contributed by atoms with Gasteiger partial charge in [-0.25, -0.2) is 18.7 Å². The minimum Gasteiger partial charge on any atom is -0.383 e. The molecule has 0 aliphatic rings. The van der Waals surface area contributed by atoms with Gasteiger partial charge in [0, 0.05) is 12.4 Å². The van der Waals surface area contributed by atoms with Crippen LogP contribution in [0.25, 0.3) is 22.8 Å². The molecule has 0 unspecified atom stereocenters. The molecule has 0 aromatic carbocycles. The Bertz CT molecular complexity index is 1160. The van der Waals surface area contributed by atoms with Crippen LogP contribution in [-0.2, 0) is 0 Å². The van der Waals surface area contributed by atoms with Gasteiger partial charge in [-0.3, -0.25) is 0 Å². The molecule has 30 heavy (non-hydrogen) atoms. The minimum absolute atomic E-state index is 0.0368. The summed E-state index contributed by atoms with van der Waals surface area (Å²) in [5, 5.41) is 19.0. The number of rotatable bonds is 4. The minimum atomic E-state index is -1.46. The van der Waals surface area contributed by atoms with Gasteiger partial charge in [0.25, 0.3) is 0 Å². The summed E-state index contributed by atoms with van der Waals surface area (Å²) in [5.74, 6) is -1.11. The van der Waals surface area contributed by atoms with Crippen molar-refractivity contribution in [1.82, 2.24) is 20.3 Å². The van der Waals surface area contributed by atoms with Crippen LogP contribution >= 0.6 is 23.2 Å². The van der Waals surface area contributed by atoms with E-state index in [9.17, 15) is 13.9 Å². The molecule has 0 spiro atoms. The fraction of sp³-hybridized carbons (Fsp3) is 0.158. The molecule has 0 saturated heterocycles. The van der Waals surface area contributed by atoms with Gasteiger partial charge in [0.1, 0.15) is 40.4 Å². The number of pyridine rings is 2. The monoisotopic (exact) mass is 452 g/mol. The summed E-state index contributed by atoms with van der Waals surface area (Å²) in [4.78, 5) is 7.89. The summed E-state index contributed by atoms with van der Waals surface area (Å²) in [5.41, 5.74) is -0.180. The zero-order valence-electron chi connectivity index (χ0n) is 15.5. The predicted octanol–water partition coefficient (Wildman–Crippen LogP) is 5.07. The van der Waals surface area contributed by atoms with Crippen molar-refractivity contribution in [2.75, 3.05) is 0 Å². The molecule has 0 atom stereocenters. The molecule has 0 fully saturated rings. The Morgan fingerprint density at radius 1 is 0.800 bits per heavy atom. The molecule has 154 valence electrons. The van der Waals surface area contributed by atoms with E-state index < -0.39 is 17.7 Å². The maximum atomic E-state index is 14.4. The average Bonchev–Trinajstić information content (AvgIpc) is 3.24. The Morgan fingerprint density at radius 3 is 1.57 bits per heavy atom. The van der Waals surface area contributed by atoms with E-state index in [4.69, 9.17) is 32.2 Å². The van der Waals surface area contributed by atoms with Crippen molar-refractivity contribution < 1.29 is 22.9 Å². The average molecular weight is 453 g/mol.